The molecule has 0 radical (unpaired) electrons. The van der Waals surface area contributed by atoms with Crippen molar-refractivity contribution in [2.45, 2.75) is 12.8 Å². The summed E-state index contributed by atoms with van der Waals surface area (Å²) in [7, 11) is 0. The van der Waals surface area contributed by atoms with Crippen molar-refractivity contribution in [1.29, 1.82) is 0 Å². The molecule has 14 heavy (non-hydrogen) atoms. The van der Waals surface area contributed by atoms with Gasteiger partial charge in [-0.05, 0) is 6.42 Å². The summed E-state index contributed by atoms with van der Waals surface area (Å²) in [5.41, 5.74) is 0.432. The number of amides is 2. The first-order valence-electron chi connectivity index (χ1n) is 4.31. The minimum absolute atomic E-state index is 0.0493. The molecule has 1 rings (SSSR count). The highest BCUT2D eigenvalue weighted by atomic mass is 16.3. The number of terminal acetylenes is 1. The number of β-amino-alcohol motifs (C(OH)–C–C–N with tert-alkyl or cyclic N) is 1. The van der Waals surface area contributed by atoms with E-state index in [1.165, 1.54) is 6.08 Å². The van der Waals surface area contributed by atoms with Crippen molar-refractivity contribution in [3.05, 3.63) is 11.6 Å². The van der Waals surface area contributed by atoms with Crippen molar-refractivity contribution in [2.24, 2.45) is 0 Å². The number of nitrogens with zero attached hydrogens (tertiary/aromatic N) is 1. The summed E-state index contributed by atoms with van der Waals surface area (Å²) in [6.07, 6.45) is 7.20. The van der Waals surface area contributed by atoms with E-state index in [4.69, 9.17) is 11.5 Å². The van der Waals surface area contributed by atoms with Crippen LogP contribution in [0.25, 0.3) is 0 Å². The number of carbonyl (C=O) groups is 2. The SMILES string of the molecule is C#CCCC1=CC(=O)N(CCO)C1=O. The van der Waals surface area contributed by atoms with E-state index in [1.54, 1.807) is 0 Å². The Morgan fingerprint density at radius 2 is 2.21 bits per heavy atom. The van der Waals surface area contributed by atoms with Gasteiger partial charge in [0, 0.05) is 18.1 Å². The molecule has 0 saturated carbocycles. The van der Waals surface area contributed by atoms with Crippen LogP contribution < -0.4 is 0 Å². The average Bonchev–Trinajstić information content (AvgIpc) is 2.43. The zero-order valence-electron chi connectivity index (χ0n) is 7.69. The number of hydrogen-bond donors (Lipinski definition) is 1. The molecule has 4 heteroatoms. The Labute approximate surface area is 82.2 Å². The summed E-state index contributed by atoms with van der Waals surface area (Å²) >= 11 is 0. The second-order valence-corrected chi connectivity index (χ2v) is 2.89. The first-order chi connectivity index (χ1) is 6.70. The predicted octanol–water partition coefficient (Wildman–Crippen LogP) is -0.313. The third kappa shape index (κ3) is 2.01. The maximum absolute atomic E-state index is 11.5. The molecular weight excluding hydrogens is 182 g/mol. The number of rotatable bonds is 4. The molecule has 0 aromatic heterocycles. The lowest BCUT2D eigenvalue weighted by Crippen LogP contribution is -2.33. The molecule has 0 saturated heterocycles. The molecule has 0 aromatic carbocycles. The van der Waals surface area contributed by atoms with E-state index in [0.29, 0.717) is 18.4 Å². The topological polar surface area (TPSA) is 57.6 Å². The molecule has 0 fully saturated rings. The van der Waals surface area contributed by atoms with Gasteiger partial charge in [0.05, 0.1) is 13.2 Å². The van der Waals surface area contributed by atoms with Crippen LogP contribution in [0, 0.1) is 12.3 Å². The number of carbonyl (C=O) groups excluding carboxylic acids is 2. The largest absolute Gasteiger partial charge is 0.395 e. The summed E-state index contributed by atoms with van der Waals surface area (Å²) in [6, 6.07) is 0. The Hall–Kier alpha value is -1.60. The average molecular weight is 193 g/mol. The smallest absolute Gasteiger partial charge is 0.256 e. The van der Waals surface area contributed by atoms with Crippen molar-refractivity contribution < 1.29 is 14.7 Å². The van der Waals surface area contributed by atoms with Gasteiger partial charge in [0.15, 0.2) is 0 Å². The van der Waals surface area contributed by atoms with E-state index in [1.807, 2.05) is 0 Å². The highest BCUT2D eigenvalue weighted by Crippen LogP contribution is 2.16. The Balaban J connectivity index is 2.65. The monoisotopic (exact) mass is 193 g/mol. The molecule has 0 bridgehead atoms. The third-order valence-corrected chi connectivity index (χ3v) is 1.95. The van der Waals surface area contributed by atoms with Crippen molar-refractivity contribution in [3.8, 4) is 12.3 Å². The first kappa shape index (κ1) is 10.5. The van der Waals surface area contributed by atoms with Gasteiger partial charge in [-0.2, -0.15) is 0 Å². The van der Waals surface area contributed by atoms with Crippen LogP contribution in [0.4, 0.5) is 0 Å². The van der Waals surface area contributed by atoms with Gasteiger partial charge in [0.25, 0.3) is 11.8 Å². The van der Waals surface area contributed by atoms with Gasteiger partial charge in [-0.15, -0.1) is 12.3 Å². The van der Waals surface area contributed by atoms with E-state index < -0.39 is 0 Å². The maximum atomic E-state index is 11.5. The van der Waals surface area contributed by atoms with Crippen LogP contribution in [0.3, 0.4) is 0 Å². The van der Waals surface area contributed by atoms with Crippen molar-refractivity contribution in [1.82, 2.24) is 4.90 Å². The molecule has 0 atom stereocenters. The van der Waals surface area contributed by atoms with E-state index in [2.05, 4.69) is 5.92 Å². The fraction of sp³-hybridized carbons (Fsp3) is 0.400. The molecule has 74 valence electrons. The molecule has 1 aliphatic rings. The summed E-state index contributed by atoms with van der Waals surface area (Å²) in [4.78, 5) is 23.7. The molecule has 1 N–H and O–H groups in total. The lowest BCUT2D eigenvalue weighted by atomic mass is 10.1. The molecule has 0 unspecified atom stereocenters. The van der Waals surface area contributed by atoms with Gasteiger partial charge in [-0.25, -0.2) is 0 Å². The maximum Gasteiger partial charge on any atom is 0.256 e. The zero-order valence-corrected chi connectivity index (χ0v) is 7.69. The first-order valence-corrected chi connectivity index (χ1v) is 4.31. The van der Waals surface area contributed by atoms with E-state index in [9.17, 15) is 9.59 Å². The van der Waals surface area contributed by atoms with Crippen molar-refractivity contribution in [3.63, 3.8) is 0 Å². The molecule has 2 amide bonds. The molecule has 0 aliphatic carbocycles. The molecule has 0 spiro atoms. The molecular formula is C10H11NO3. The van der Waals surface area contributed by atoms with Crippen LogP contribution in [0.15, 0.2) is 11.6 Å². The summed E-state index contributed by atoms with van der Waals surface area (Å²) in [6.45, 7) is -0.165. The lowest BCUT2D eigenvalue weighted by molar-refractivity contribution is -0.137. The quantitative estimate of drug-likeness (QED) is 0.492. The highest BCUT2D eigenvalue weighted by molar-refractivity contribution is 6.16. The van der Waals surface area contributed by atoms with Crippen molar-refractivity contribution in [2.75, 3.05) is 13.2 Å². The minimum Gasteiger partial charge on any atom is -0.395 e. The normalized spacial score (nSPS) is 15.7. The number of imide groups is 1. The van der Waals surface area contributed by atoms with Gasteiger partial charge >= 0.3 is 0 Å². The van der Waals surface area contributed by atoms with Crippen LogP contribution in [-0.2, 0) is 9.59 Å². The second kappa shape index (κ2) is 4.58. The number of aliphatic hydroxyl groups excluding tert-OH is 1. The third-order valence-electron chi connectivity index (χ3n) is 1.95. The van der Waals surface area contributed by atoms with Crippen molar-refractivity contribution >= 4 is 11.8 Å². The minimum atomic E-state index is -0.365. The standard InChI is InChI=1S/C10H11NO3/c1-2-3-4-8-7-9(13)11(5-6-12)10(8)14/h1,7,12H,3-6H2. The van der Waals surface area contributed by atoms with Crippen LogP contribution >= 0.6 is 0 Å². The number of hydrogen-bond acceptors (Lipinski definition) is 3. The zero-order chi connectivity index (χ0) is 10.6. The fourth-order valence-corrected chi connectivity index (χ4v) is 1.26. The van der Waals surface area contributed by atoms with Gasteiger partial charge < -0.3 is 5.11 Å². The van der Waals surface area contributed by atoms with Crippen LogP contribution in [-0.4, -0.2) is 35.0 Å². The van der Waals surface area contributed by atoms with E-state index in [-0.39, 0.29) is 25.0 Å². The Bertz CT molecular complexity index is 325. The number of aliphatic hydroxyl groups is 1. The van der Waals surface area contributed by atoms with Gasteiger partial charge in [0.1, 0.15) is 0 Å². The summed E-state index contributed by atoms with van der Waals surface area (Å²) < 4.78 is 0. The second-order valence-electron chi connectivity index (χ2n) is 2.89. The van der Waals surface area contributed by atoms with Gasteiger partial charge in [0.2, 0.25) is 0 Å². The van der Waals surface area contributed by atoms with Crippen LogP contribution in [0.1, 0.15) is 12.8 Å². The Morgan fingerprint density at radius 3 is 2.79 bits per heavy atom. The van der Waals surface area contributed by atoms with E-state index >= 15 is 0 Å². The molecule has 0 aromatic rings. The Kier molecular flexibility index (Phi) is 3.43. The predicted molar refractivity (Wildman–Crippen MR) is 50.0 cm³/mol. The van der Waals surface area contributed by atoms with Gasteiger partial charge in [-0.3, -0.25) is 14.5 Å². The lowest BCUT2D eigenvalue weighted by Gasteiger charge is -2.12. The van der Waals surface area contributed by atoms with Crippen LogP contribution in [0.5, 0.6) is 0 Å². The van der Waals surface area contributed by atoms with E-state index in [0.717, 1.165) is 4.90 Å². The summed E-state index contributed by atoms with van der Waals surface area (Å²) in [5.74, 6) is 1.71. The Morgan fingerprint density at radius 1 is 1.50 bits per heavy atom. The molecule has 1 aliphatic heterocycles. The highest BCUT2D eigenvalue weighted by Gasteiger charge is 2.29. The van der Waals surface area contributed by atoms with Gasteiger partial charge in [-0.1, -0.05) is 0 Å². The molecule has 4 nitrogen and oxygen atoms in total. The fourth-order valence-electron chi connectivity index (χ4n) is 1.26. The van der Waals surface area contributed by atoms with Crippen LogP contribution in [0.2, 0.25) is 0 Å². The molecule has 1 heterocycles. The summed E-state index contributed by atoms with van der Waals surface area (Å²) in [5, 5.41) is 8.62.